The first-order valence-electron chi connectivity index (χ1n) is 29.8. The lowest BCUT2D eigenvalue weighted by atomic mass is 10.00. The number of hydrogen-bond donors (Lipinski definition) is 7. The lowest BCUT2D eigenvalue weighted by Gasteiger charge is -2.34. The molecule has 0 rings (SSSR count). The van der Waals surface area contributed by atoms with Gasteiger partial charge < -0.3 is 57.0 Å². The maximum Gasteiger partial charge on any atom is 0.490 e. The van der Waals surface area contributed by atoms with E-state index in [-0.39, 0.29) is 31.6 Å². The van der Waals surface area contributed by atoms with Crippen LogP contribution in [0.2, 0.25) is 0 Å². The molecule has 0 saturated heterocycles. The maximum atomic E-state index is 13.3. The minimum absolute atomic E-state index is 0.0296. The van der Waals surface area contributed by atoms with Gasteiger partial charge in [-0.25, -0.2) is 19.2 Å². The standard InChI is InChI=1S/C55H93F12N7O11/c1-40(82-48(78)52(56,57)58)44(83-49(79)53(59,60)61)45(84-50(80)54(62,63)64)46(85-51(81)55(65,66)67)47(77)74-37-25-16-11-7-3-5-9-13-19-29-42(75)72-35-23-15-10-6-2-4-8-12-20-30-43(76)73-36-24-17-14-18-28-41(38-70-33-26-21-31-68)39-71-34-27-22-32-69/h40-41,44-46,70-71H,2-39,68-69H2,1H3,(H,72,75)(H,73,76)(H,74,77)/t40-,44-,45+,46-/m1/s1. The van der Waals surface area contributed by atoms with Crippen molar-refractivity contribution in [2.75, 3.05) is 58.9 Å². The molecule has 3 amide bonds. The predicted molar refractivity (Wildman–Crippen MR) is 290 cm³/mol. The summed E-state index contributed by atoms with van der Waals surface area (Å²) >= 11 is 0. The van der Waals surface area contributed by atoms with Gasteiger partial charge in [-0.05, 0) is 116 Å². The van der Waals surface area contributed by atoms with E-state index in [1.165, 1.54) is 12.8 Å². The third-order valence-electron chi connectivity index (χ3n) is 13.4. The van der Waals surface area contributed by atoms with Gasteiger partial charge in [-0.3, -0.25) is 14.4 Å². The Morgan fingerprint density at radius 1 is 0.365 bits per heavy atom. The molecule has 0 fully saturated rings. The largest absolute Gasteiger partial charge is 0.490 e. The number of esters is 4. The number of carbonyl (C=O) groups is 7. The minimum atomic E-state index is -6.19. The number of carbonyl (C=O) groups excluding carboxylic acids is 7. The summed E-state index contributed by atoms with van der Waals surface area (Å²) in [6.45, 7) is 6.32. The Labute approximate surface area is 490 Å². The van der Waals surface area contributed by atoms with Crippen molar-refractivity contribution in [3.05, 3.63) is 0 Å². The number of nitrogens with one attached hydrogen (secondary N) is 5. The molecule has 18 nitrogen and oxygen atoms in total. The van der Waals surface area contributed by atoms with Gasteiger partial charge in [0.25, 0.3) is 5.91 Å². The summed E-state index contributed by atoms with van der Waals surface area (Å²) in [7, 11) is 0. The van der Waals surface area contributed by atoms with Gasteiger partial charge in [0.1, 0.15) is 6.10 Å². The van der Waals surface area contributed by atoms with Gasteiger partial charge in [0, 0.05) is 32.5 Å². The van der Waals surface area contributed by atoms with Crippen molar-refractivity contribution in [1.82, 2.24) is 26.6 Å². The van der Waals surface area contributed by atoms with Crippen molar-refractivity contribution >= 4 is 41.6 Å². The second kappa shape index (κ2) is 46.4. The Morgan fingerprint density at radius 3 is 1.05 bits per heavy atom. The van der Waals surface area contributed by atoms with Gasteiger partial charge >= 0.3 is 48.6 Å². The van der Waals surface area contributed by atoms with Crippen molar-refractivity contribution in [2.24, 2.45) is 17.4 Å². The van der Waals surface area contributed by atoms with Crippen LogP contribution in [0.5, 0.6) is 0 Å². The van der Waals surface area contributed by atoms with Crippen LogP contribution in [-0.4, -0.2) is 150 Å². The van der Waals surface area contributed by atoms with E-state index in [0.717, 1.165) is 174 Å². The zero-order valence-electron chi connectivity index (χ0n) is 48.9. The highest BCUT2D eigenvalue weighted by Crippen LogP contribution is 2.30. The van der Waals surface area contributed by atoms with E-state index in [1.807, 2.05) is 5.32 Å². The summed E-state index contributed by atoms with van der Waals surface area (Å²) in [6, 6.07) is 0. The molecule has 0 aliphatic carbocycles. The molecule has 0 bridgehead atoms. The maximum absolute atomic E-state index is 13.3. The Bertz CT molecular complexity index is 1840. The first-order chi connectivity index (χ1) is 40.1. The summed E-state index contributed by atoms with van der Waals surface area (Å²) in [5.74, 6) is -15.2. The molecule has 0 aromatic heterocycles. The second-order valence-corrected chi connectivity index (χ2v) is 21.0. The molecule has 498 valence electrons. The Kier molecular flexibility index (Phi) is 43.9. The second-order valence-electron chi connectivity index (χ2n) is 21.0. The van der Waals surface area contributed by atoms with E-state index in [1.54, 1.807) is 0 Å². The van der Waals surface area contributed by atoms with E-state index >= 15 is 0 Å². The van der Waals surface area contributed by atoms with Crippen LogP contribution in [0.1, 0.15) is 193 Å². The molecule has 0 aromatic rings. The predicted octanol–water partition coefficient (Wildman–Crippen LogP) is 9.28. The van der Waals surface area contributed by atoms with Crippen molar-refractivity contribution in [2.45, 2.75) is 242 Å². The average Bonchev–Trinajstić information content (AvgIpc) is 3.57. The van der Waals surface area contributed by atoms with Crippen LogP contribution >= 0.6 is 0 Å². The monoisotopic (exact) mass is 1260 g/mol. The molecule has 30 heteroatoms. The summed E-state index contributed by atoms with van der Waals surface area (Å²) in [5.41, 5.74) is 11.2. The molecule has 0 aromatic carbocycles. The van der Waals surface area contributed by atoms with Gasteiger partial charge in [0.15, 0.2) is 12.2 Å². The Morgan fingerprint density at radius 2 is 0.671 bits per heavy atom. The van der Waals surface area contributed by atoms with E-state index in [2.05, 4.69) is 40.2 Å². The molecular weight excluding hydrogens is 1160 g/mol. The van der Waals surface area contributed by atoms with Crippen molar-refractivity contribution in [1.29, 1.82) is 0 Å². The fraction of sp³-hybridized carbons (Fsp3) is 0.873. The lowest BCUT2D eigenvalue weighted by Crippen LogP contribution is -2.58. The highest BCUT2D eigenvalue weighted by molar-refractivity contribution is 5.87. The number of alkyl halides is 12. The summed E-state index contributed by atoms with van der Waals surface area (Å²) in [6.07, 6.45) is -13.3. The SMILES string of the molecule is C[C@@H](OC(=O)C(F)(F)F)[C@@H](OC(=O)C(F)(F)F)[C@H](OC(=O)C(F)(F)F)[C@@H](OC(=O)C(F)(F)F)C(=O)NCCCCCCCCCCCC(=O)NCCCCCCCCCCCC(=O)NCCCCCCC(CNCCCCN)CNCCCCN. The zero-order valence-corrected chi connectivity index (χ0v) is 48.9. The number of amides is 3. The van der Waals surface area contributed by atoms with Crippen molar-refractivity contribution in [3.8, 4) is 0 Å². The van der Waals surface area contributed by atoms with E-state index in [9.17, 15) is 86.2 Å². The van der Waals surface area contributed by atoms with Gasteiger partial charge in [0.05, 0.1) is 0 Å². The van der Waals surface area contributed by atoms with Crippen LogP contribution < -0.4 is 38.1 Å². The molecule has 0 aliphatic heterocycles. The Hall–Kier alpha value is -4.71. The first-order valence-corrected chi connectivity index (χ1v) is 29.8. The number of nitrogens with two attached hydrogens (primary N) is 2. The third kappa shape index (κ3) is 42.7. The van der Waals surface area contributed by atoms with Crippen LogP contribution in [0, 0.1) is 5.92 Å². The van der Waals surface area contributed by atoms with E-state index < -0.39 is 85.5 Å². The topological polar surface area (TPSA) is 269 Å². The van der Waals surface area contributed by atoms with Gasteiger partial charge in [-0.2, -0.15) is 52.7 Å². The molecule has 85 heavy (non-hydrogen) atoms. The molecule has 9 N–H and O–H groups in total. The molecule has 0 aliphatic rings. The lowest BCUT2D eigenvalue weighted by molar-refractivity contribution is -0.245. The van der Waals surface area contributed by atoms with Crippen LogP contribution in [0.15, 0.2) is 0 Å². The van der Waals surface area contributed by atoms with Crippen molar-refractivity contribution < 1.29 is 105 Å². The zero-order chi connectivity index (χ0) is 64.2. The fourth-order valence-corrected chi connectivity index (χ4v) is 8.70. The number of rotatable bonds is 51. The molecule has 0 radical (unpaired) electrons. The van der Waals surface area contributed by atoms with Gasteiger partial charge in [-0.1, -0.05) is 109 Å². The van der Waals surface area contributed by atoms with Gasteiger partial charge in [0.2, 0.25) is 17.9 Å². The molecule has 4 atom stereocenters. The number of ether oxygens (including phenoxy) is 4. The molecule has 0 unspecified atom stereocenters. The molecular formula is C55H93F12N7O11. The average molecular weight is 1260 g/mol. The van der Waals surface area contributed by atoms with Crippen molar-refractivity contribution in [3.63, 3.8) is 0 Å². The Balaban J connectivity index is 4.45. The fourth-order valence-electron chi connectivity index (χ4n) is 8.70. The number of halogens is 12. The molecule has 0 spiro atoms. The highest BCUT2D eigenvalue weighted by atomic mass is 19.4. The van der Waals surface area contributed by atoms with Crippen LogP contribution in [0.25, 0.3) is 0 Å². The van der Waals surface area contributed by atoms with Crippen LogP contribution in [0.4, 0.5) is 52.7 Å². The number of hydrogen-bond acceptors (Lipinski definition) is 15. The normalized spacial score (nSPS) is 13.6. The highest BCUT2D eigenvalue weighted by Gasteiger charge is 2.55. The van der Waals surface area contributed by atoms with E-state index in [4.69, 9.17) is 11.5 Å². The minimum Gasteiger partial charge on any atom is -0.452 e. The molecule has 0 saturated carbocycles. The van der Waals surface area contributed by atoms with Gasteiger partial charge in [-0.15, -0.1) is 0 Å². The number of unbranched alkanes of at least 4 members (excludes halogenated alkanes) is 21. The summed E-state index contributed by atoms with van der Waals surface area (Å²) in [4.78, 5) is 84.5. The molecule has 0 heterocycles. The third-order valence-corrected chi connectivity index (χ3v) is 13.4. The first kappa shape index (κ1) is 80.3. The summed E-state index contributed by atoms with van der Waals surface area (Å²) in [5, 5.41) is 15.0. The van der Waals surface area contributed by atoms with Crippen LogP contribution in [0.3, 0.4) is 0 Å². The van der Waals surface area contributed by atoms with Crippen LogP contribution in [-0.2, 0) is 52.5 Å². The smallest absolute Gasteiger partial charge is 0.452 e. The quantitative estimate of drug-likeness (QED) is 0.0129. The summed E-state index contributed by atoms with van der Waals surface area (Å²) < 4.78 is 173. The van der Waals surface area contributed by atoms with E-state index in [0.29, 0.717) is 44.6 Å².